The number of hydrogen-bond acceptors (Lipinski definition) is 5. The molecule has 34 heavy (non-hydrogen) atoms. The van der Waals surface area contributed by atoms with Crippen LogP contribution >= 0.6 is 0 Å². The lowest BCUT2D eigenvalue weighted by atomic mass is 9.82. The predicted molar refractivity (Wildman–Crippen MR) is 132 cm³/mol. The van der Waals surface area contributed by atoms with Gasteiger partial charge in [-0.3, -0.25) is 4.79 Å². The molecule has 182 valence electrons. The molecule has 3 aromatic rings. The summed E-state index contributed by atoms with van der Waals surface area (Å²) >= 11 is 0. The Morgan fingerprint density at radius 1 is 1.24 bits per heavy atom. The van der Waals surface area contributed by atoms with Crippen LogP contribution in [0.15, 0.2) is 30.7 Å². The maximum Gasteiger partial charge on any atom is 0.228 e. The maximum absolute atomic E-state index is 14.8. The molecule has 1 aromatic carbocycles. The SMILES string of the molecule is Cc1cnc(NC(=O)[C@H]2CCC[C@@H](CS(C)(=O)=O)C2)cc1-c1cc(F)c2ncn(C(C)C)c2c1. The number of sulfone groups is 1. The Balaban J connectivity index is 1.58. The van der Waals surface area contributed by atoms with Crippen LogP contribution in [0.25, 0.3) is 22.2 Å². The molecule has 0 unspecified atom stereocenters. The van der Waals surface area contributed by atoms with Gasteiger partial charge in [-0.1, -0.05) is 6.42 Å². The second-order valence-corrected chi connectivity index (χ2v) is 12.0. The first-order valence-corrected chi connectivity index (χ1v) is 13.7. The second-order valence-electron chi connectivity index (χ2n) is 9.77. The standard InChI is InChI=1S/C25H31FN4O3S/c1-15(2)30-14-28-24-21(26)9-19(10-22(24)30)20-11-23(27-12-16(20)3)29-25(31)18-7-5-6-17(8-18)13-34(4,32)33/h9-12,14-15,17-18H,5-8,13H2,1-4H3,(H,27,29,31)/t17-,18+/m1/s1. The number of benzene rings is 1. The highest BCUT2D eigenvalue weighted by atomic mass is 32.2. The lowest BCUT2D eigenvalue weighted by molar-refractivity contribution is -0.121. The third kappa shape index (κ3) is 5.29. The van der Waals surface area contributed by atoms with Gasteiger partial charge in [0.15, 0.2) is 5.82 Å². The third-order valence-electron chi connectivity index (χ3n) is 6.55. The van der Waals surface area contributed by atoms with Crippen molar-refractivity contribution < 1.29 is 17.6 Å². The number of fused-ring (bicyclic) bond motifs is 1. The maximum atomic E-state index is 14.8. The van der Waals surface area contributed by atoms with Crippen molar-refractivity contribution in [1.29, 1.82) is 0 Å². The van der Waals surface area contributed by atoms with Gasteiger partial charge < -0.3 is 9.88 Å². The Morgan fingerprint density at radius 2 is 2.00 bits per heavy atom. The van der Waals surface area contributed by atoms with E-state index in [2.05, 4.69) is 15.3 Å². The quantitative estimate of drug-likeness (QED) is 0.534. The van der Waals surface area contributed by atoms with Crippen LogP contribution < -0.4 is 5.32 Å². The zero-order valence-electron chi connectivity index (χ0n) is 20.0. The van der Waals surface area contributed by atoms with Gasteiger partial charge in [0.05, 0.1) is 17.6 Å². The van der Waals surface area contributed by atoms with E-state index in [1.807, 2.05) is 31.4 Å². The number of pyridine rings is 1. The molecule has 1 N–H and O–H groups in total. The number of hydrogen-bond donors (Lipinski definition) is 1. The number of rotatable bonds is 6. The van der Waals surface area contributed by atoms with Gasteiger partial charge in [-0.15, -0.1) is 0 Å². The third-order valence-corrected chi connectivity index (χ3v) is 7.62. The largest absolute Gasteiger partial charge is 0.328 e. The van der Waals surface area contributed by atoms with Crippen molar-refractivity contribution in [2.75, 3.05) is 17.3 Å². The molecule has 1 saturated carbocycles. The molecular weight excluding hydrogens is 455 g/mol. The second kappa shape index (κ2) is 9.44. The van der Waals surface area contributed by atoms with E-state index in [0.29, 0.717) is 28.8 Å². The van der Waals surface area contributed by atoms with Crippen molar-refractivity contribution >= 4 is 32.6 Å². The van der Waals surface area contributed by atoms with Crippen molar-refractivity contribution in [1.82, 2.24) is 14.5 Å². The number of amides is 1. The average molecular weight is 487 g/mol. The minimum atomic E-state index is -3.08. The molecule has 2 atom stereocenters. The molecule has 0 spiro atoms. The fourth-order valence-corrected chi connectivity index (χ4v) is 6.06. The number of imidazole rings is 1. The normalized spacial score (nSPS) is 19.0. The van der Waals surface area contributed by atoms with E-state index in [1.54, 1.807) is 18.6 Å². The Kier molecular flexibility index (Phi) is 6.75. The van der Waals surface area contributed by atoms with E-state index >= 15 is 0 Å². The van der Waals surface area contributed by atoms with Crippen molar-refractivity contribution in [2.24, 2.45) is 11.8 Å². The van der Waals surface area contributed by atoms with E-state index in [-0.39, 0.29) is 29.5 Å². The first-order chi connectivity index (χ1) is 16.0. The minimum Gasteiger partial charge on any atom is -0.328 e. The van der Waals surface area contributed by atoms with Crippen LogP contribution in [0.1, 0.15) is 51.1 Å². The van der Waals surface area contributed by atoms with Crippen LogP contribution in [0, 0.1) is 24.6 Å². The molecule has 0 aliphatic heterocycles. The van der Waals surface area contributed by atoms with Gasteiger partial charge in [0, 0.05) is 24.4 Å². The van der Waals surface area contributed by atoms with E-state index in [1.165, 1.54) is 12.3 Å². The monoisotopic (exact) mass is 486 g/mol. The first-order valence-electron chi connectivity index (χ1n) is 11.6. The number of halogens is 1. The summed E-state index contributed by atoms with van der Waals surface area (Å²) < 4.78 is 40.1. The smallest absolute Gasteiger partial charge is 0.228 e. The molecule has 0 bridgehead atoms. The van der Waals surface area contributed by atoms with Crippen LogP contribution in [-0.4, -0.2) is 40.9 Å². The van der Waals surface area contributed by atoms with E-state index in [9.17, 15) is 17.6 Å². The van der Waals surface area contributed by atoms with Crippen LogP contribution in [0.5, 0.6) is 0 Å². The summed E-state index contributed by atoms with van der Waals surface area (Å²) in [6.07, 6.45) is 7.49. The van der Waals surface area contributed by atoms with E-state index in [4.69, 9.17) is 0 Å². The molecule has 2 heterocycles. The molecule has 1 aliphatic carbocycles. The highest BCUT2D eigenvalue weighted by molar-refractivity contribution is 7.90. The Morgan fingerprint density at radius 3 is 2.71 bits per heavy atom. The number of nitrogens with one attached hydrogen (secondary N) is 1. The fourth-order valence-electron chi connectivity index (χ4n) is 4.90. The Labute approximate surface area is 199 Å². The number of aromatic nitrogens is 3. The van der Waals surface area contributed by atoms with E-state index < -0.39 is 15.7 Å². The summed E-state index contributed by atoms with van der Waals surface area (Å²) in [6, 6.07) is 5.28. The van der Waals surface area contributed by atoms with Gasteiger partial charge in [0.25, 0.3) is 0 Å². The Hall–Kier alpha value is -2.81. The van der Waals surface area contributed by atoms with Crippen molar-refractivity contribution in [3.63, 3.8) is 0 Å². The van der Waals surface area contributed by atoms with Crippen LogP contribution in [0.4, 0.5) is 10.2 Å². The summed E-state index contributed by atoms with van der Waals surface area (Å²) in [6.45, 7) is 5.93. The molecule has 1 fully saturated rings. The molecule has 0 radical (unpaired) electrons. The highest BCUT2D eigenvalue weighted by Gasteiger charge is 2.29. The predicted octanol–water partition coefficient (Wildman–Crippen LogP) is 4.92. The van der Waals surface area contributed by atoms with Crippen LogP contribution in [0.2, 0.25) is 0 Å². The minimum absolute atomic E-state index is 0.00143. The average Bonchev–Trinajstić information content (AvgIpc) is 3.19. The number of carbonyl (C=O) groups excluding carboxylic acids is 1. The van der Waals surface area contributed by atoms with Gasteiger partial charge >= 0.3 is 0 Å². The van der Waals surface area contributed by atoms with Crippen LogP contribution in [-0.2, 0) is 14.6 Å². The molecule has 1 amide bonds. The number of nitrogens with zero attached hydrogens (tertiary/aromatic N) is 3. The molecule has 4 rings (SSSR count). The molecule has 9 heteroatoms. The van der Waals surface area contributed by atoms with Crippen molar-refractivity contribution in [3.8, 4) is 11.1 Å². The summed E-state index contributed by atoms with van der Waals surface area (Å²) in [7, 11) is -3.08. The summed E-state index contributed by atoms with van der Waals surface area (Å²) in [5.41, 5.74) is 3.37. The van der Waals surface area contributed by atoms with E-state index in [0.717, 1.165) is 30.4 Å². The molecule has 7 nitrogen and oxygen atoms in total. The molecule has 0 saturated heterocycles. The van der Waals surface area contributed by atoms with Crippen LogP contribution in [0.3, 0.4) is 0 Å². The fraction of sp³-hybridized carbons (Fsp3) is 0.480. The molecule has 1 aliphatic rings. The van der Waals surface area contributed by atoms with Crippen molar-refractivity contribution in [3.05, 3.63) is 42.1 Å². The van der Waals surface area contributed by atoms with Crippen molar-refractivity contribution in [2.45, 2.75) is 52.5 Å². The highest BCUT2D eigenvalue weighted by Crippen LogP contribution is 2.33. The zero-order valence-corrected chi connectivity index (χ0v) is 20.8. The van der Waals surface area contributed by atoms with Gasteiger partial charge in [0.1, 0.15) is 21.2 Å². The zero-order chi connectivity index (χ0) is 24.6. The number of aryl methyl sites for hydroxylation is 1. The summed E-state index contributed by atoms with van der Waals surface area (Å²) in [4.78, 5) is 21.5. The molecule has 2 aromatic heterocycles. The number of anilines is 1. The molecular formula is C25H31FN4O3S. The lowest BCUT2D eigenvalue weighted by Crippen LogP contribution is -2.30. The van der Waals surface area contributed by atoms with Gasteiger partial charge in [-0.25, -0.2) is 22.8 Å². The van der Waals surface area contributed by atoms with Gasteiger partial charge in [-0.05, 0) is 80.8 Å². The Bertz CT molecular complexity index is 1330. The topological polar surface area (TPSA) is 93.9 Å². The first kappa shape index (κ1) is 24.3. The van der Waals surface area contributed by atoms with Gasteiger partial charge in [0.2, 0.25) is 5.91 Å². The number of carbonyl (C=O) groups is 1. The summed E-state index contributed by atoms with van der Waals surface area (Å²) in [5.74, 6) is -0.283. The summed E-state index contributed by atoms with van der Waals surface area (Å²) in [5, 5.41) is 2.90. The lowest BCUT2D eigenvalue weighted by Gasteiger charge is -2.27. The van der Waals surface area contributed by atoms with Gasteiger partial charge in [-0.2, -0.15) is 0 Å².